The fourth-order valence-corrected chi connectivity index (χ4v) is 6.76. The van der Waals surface area contributed by atoms with E-state index in [9.17, 15) is 9.59 Å². The first-order chi connectivity index (χ1) is 23.6. The molecule has 286 valence electrons. The van der Waals surface area contributed by atoms with Gasteiger partial charge in [-0.3, -0.25) is 9.59 Å². The van der Waals surface area contributed by atoms with Gasteiger partial charge in [0.15, 0.2) is 0 Å². The summed E-state index contributed by atoms with van der Waals surface area (Å²) in [6.45, 7) is 7.79. The van der Waals surface area contributed by atoms with Gasteiger partial charge in [-0.25, -0.2) is 0 Å². The van der Waals surface area contributed by atoms with Crippen LogP contribution in [0.1, 0.15) is 252 Å². The lowest BCUT2D eigenvalue weighted by atomic mass is 10.0. The van der Waals surface area contributed by atoms with Crippen LogP contribution in [-0.4, -0.2) is 25.2 Å². The van der Waals surface area contributed by atoms with Gasteiger partial charge in [0.2, 0.25) is 0 Å². The van der Waals surface area contributed by atoms with E-state index in [1.165, 1.54) is 167 Å². The summed E-state index contributed by atoms with van der Waals surface area (Å²) in [7, 11) is 0. The van der Waals surface area contributed by atoms with Crippen molar-refractivity contribution in [1.82, 2.24) is 0 Å². The maximum atomic E-state index is 12.2. The third kappa shape index (κ3) is 37.8. The molecular weight excluding hydrogens is 592 g/mol. The van der Waals surface area contributed by atoms with Crippen LogP contribution >= 0.6 is 0 Å². The Bertz CT molecular complexity index is 648. The Morgan fingerprint density at radius 3 is 1.02 bits per heavy atom. The largest absolute Gasteiger partial charge is 0.466 e. The van der Waals surface area contributed by atoms with Gasteiger partial charge in [0.25, 0.3) is 0 Å². The van der Waals surface area contributed by atoms with E-state index in [1.54, 1.807) is 0 Å². The molecule has 0 amide bonds. The lowest BCUT2D eigenvalue weighted by molar-refractivity contribution is -0.146. The molecule has 0 rings (SSSR count). The molecule has 0 aliphatic carbocycles. The number of rotatable bonds is 40. The van der Waals surface area contributed by atoms with E-state index in [-0.39, 0.29) is 11.9 Å². The maximum absolute atomic E-state index is 12.2. The number of hydrogen-bond acceptors (Lipinski definition) is 4. The van der Waals surface area contributed by atoms with Crippen LogP contribution in [-0.2, 0) is 19.1 Å². The maximum Gasteiger partial charge on any atom is 0.305 e. The van der Waals surface area contributed by atoms with Crippen molar-refractivity contribution in [2.45, 2.75) is 252 Å². The van der Waals surface area contributed by atoms with Crippen molar-refractivity contribution in [3.8, 4) is 0 Å². The zero-order valence-electron chi connectivity index (χ0n) is 33.1. The number of unbranched alkanes of at least 4 members (excludes halogenated alkanes) is 29. The monoisotopic (exact) mass is 679 g/mol. The molecule has 0 radical (unpaired) electrons. The average molecular weight is 679 g/mol. The van der Waals surface area contributed by atoms with Gasteiger partial charge in [0.1, 0.15) is 0 Å². The quantitative estimate of drug-likeness (QED) is 0.0478. The van der Waals surface area contributed by atoms with E-state index < -0.39 is 0 Å². The number of carbonyl (C=O) groups is 2. The number of hydrogen-bond donors (Lipinski definition) is 0. The number of esters is 2. The number of carbonyl (C=O) groups excluding carboxylic acids is 2. The predicted molar refractivity (Wildman–Crippen MR) is 209 cm³/mol. The standard InChI is InChI=1S/C44H86O4/c1-4-7-9-11-13-15-17-19-21-23-25-27-29-31-33-38-43(45)47-40-36-35-37-42(6-3)41-48-44(46)39-34-32-30-28-26-24-22-20-18-16-14-12-10-8-5-2/h42H,4-41H2,1-3H3. The van der Waals surface area contributed by atoms with Gasteiger partial charge < -0.3 is 9.47 Å². The summed E-state index contributed by atoms with van der Waals surface area (Å²) < 4.78 is 11.1. The molecule has 0 spiro atoms. The first kappa shape index (κ1) is 46.9. The summed E-state index contributed by atoms with van der Waals surface area (Å²) >= 11 is 0. The van der Waals surface area contributed by atoms with Crippen LogP contribution in [0.2, 0.25) is 0 Å². The summed E-state index contributed by atoms with van der Waals surface area (Å²) in [5, 5.41) is 0. The molecule has 0 saturated carbocycles. The highest BCUT2D eigenvalue weighted by Gasteiger charge is 2.11. The van der Waals surface area contributed by atoms with Crippen LogP contribution in [0.4, 0.5) is 0 Å². The first-order valence-electron chi connectivity index (χ1n) is 21.9. The summed E-state index contributed by atoms with van der Waals surface area (Å²) in [6.07, 6.45) is 45.2. The molecule has 0 aromatic heterocycles. The molecule has 0 aliphatic heterocycles. The molecule has 0 aliphatic rings. The molecule has 4 nitrogen and oxygen atoms in total. The predicted octanol–water partition coefficient (Wildman–Crippen LogP) is 14.8. The van der Waals surface area contributed by atoms with Gasteiger partial charge in [-0.2, -0.15) is 0 Å². The minimum atomic E-state index is -0.0375. The lowest BCUT2D eigenvalue weighted by Crippen LogP contribution is -2.14. The Morgan fingerprint density at radius 1 is 0.375 bits per heavy atom. The highest BCUT2D eigenvalue weighted by atomic mass is 16.5. The highest BCUT2D eigenvalue weighted by molar-refractivity contribution is 5.69. The van der Waals surface area contributed by atoms with Gasteiger partial charge in [-0.05, 0) is 38.0 Å². The Hall–Kier alpha value is -1.06. The Labute approximate surface area is 301 Å². The van der Waals surface area contributed by atoms with Crippen molar-refractivity contribution in [1.29, 1.82) is 0 Å². The lowest BCUT2D eigenvalue weighted by Gasteiger charge is -2.15. The van der Waals surface area contributed by atoms with E-state index in [1.807, 2.05) is 0 Å². The third-order valence-electron chi connectivity index (χ3n) is 10.3. The molecule has 1 atom stereocenters. The average Bonchev–Trinajstić information content (AvgIpc) is 3.09. The van der Waals surface area contributed by atoms with Crippen LogP contribution in [0, 0.1) is 5.92 Å². The van der Waals surface area contributed by atoms with Crippen molar-refractivity contribution in [2.75, 3.05) is 13.2 Å². The summed E-state index contributed by atoms with van der Waals surface area (Å²) in [5.74, 6) is 0.339. The Kier molecular flexibility index (Phi) is 39.5. The molecule has 0 aromatic rings. The zero-order valence-corrected chi connectivity index (χ0v) is 33.1. The molecule has 0 aromatic carbocycles. The van der Waals surface area contributed by atoms with Crippen molar-refractivity contribution in [2.24, 2.45) is 5.92 Å². The van der Waals surface area contributed by atoms with E-state index in [0.717, 1.165) is 51.4 Å². The normalized spacial score (nSPS) is 12.0. The van der Waals surface area contributed by atoms with Gasteiger partial charge in [-0.1, -0.05) is 207 Å². The fourth-order valence-electron chi connectivity index (χ4n) is 6.76. The Balaban J connectivity index is 3.45. The first-order valence-corrected chi connectivity index (χ1v) is 21.9. The summed E-state index contributed by atoms with van der Waals surface area (Å²) in [5.41, 5.74) is 0. The van der Waals surface area contributed by atoms with Crippen LogP contribution < -0.4 is 0 Å². The van der Waals surface area contributed by atoms with Crippen molar-refractivity contribution >= 4 is 11.9 Å². The zero-order chi connectivity index (χ0) is 35.0. The smallest absolute Gasteiger partial charge is 0.305 e. The Morgan fingerprint density at radius 2 is 0.688 bits per heavy atom. The summed E-state index contributed by atoms with van der Waals surface area (Å²) in [4.78, 5) is 24.3. The van der Waals surface area contributed by atoms with Crippen LogP contribution in [0.15, 0.2) is 0 Å². The molecule has 1 unspecified atom stereocenters. The van der Waals surface area contributed by atoms with Crippen LogP contribution in [0.3, 0.4) is 0 Å². The third-order valence-corrected chi connectivity index (χ3v) is 10.3. The van der Waals surface area contributed by atoms with Crippen molar-refractivity contribution in [3.63, 3.8) is 0 Å². The van der Waals surface area contributed by atoms with Crippen molar-refractivity contribution in [3.05, 3.63) is 0 Å². The van der Waals surface area contributed by atoms with E-state index >= 15 is 0 Å². The van der Waals surface area contributed by atoms with Gasteiger partial charge in [0.05, 0.1) is 13.2 Å². The molecule has 0 saturated heterocycles. The van der Waals surface area contributed by atoms with Gasteiger partial charge >= 0.3 is 11.9 Å². The van der Waals surface area contributed by atoms with E-state index in [2.05, 4.69) is 20.8 Å². The second kappa shape index (κ2) is 40.4. The van der Waals surface area contributed by atoms with Crippen LogP contribution in [0.25, 0.3) is 0 Å². The molecule has 4 heteroatoms. The molecule has 0 bridgehead atoms. The van der Waals surface area contributed by atoms with E-state index in [0.29, 0.717) is 32.0 Å². The second-order valence-corrected chi connectivity index (χ2v) is 15.1. The topological polar surface area (TPSA) is 52.6 Å². The highest BCUT2D eigenvalue weighted by Crippen LogP contribution is 2.17. The second-order valence-electron chi connectivity index (χ2n) is 15.1. The van der Waals surface area contributed by atoms with E-state index in [4.69, 9.17) is 9.47 Å². The fraction of sp³-hybridized carbons (Fsp3) is 0.955. The molecule has 0 N–H and O–H groups in total. The SMILES string of the molecule is CCCCCCCCCCCCCCCCCC(=O)OCCCCC(CC)COC(=O)CCCCCCCCCCCCCCCCC. The molecular formula is C44H86O4. The van der Waals surface area contributed by atoms with Crippen LogP contribution in [0.5, 0.6) is 0 Å². The molecule has 48 heavy (non-hydrogen) atoms. The van der Waals surface area contributed by atoms with Gasteiger partial charge in [0, 0.05) is 12.8 Å². The van der Waals surface area contributed by atoms with Crippen molar-refractivity contribution < 1.29 is 19.1 Å². The minimum Gasteiger partial charge on any atom is -0.466 e. The molecule has 0 heterocycles. The minimum absolute atomic E-state index is 0.0316. The summed E-state index contributed by atoms with van der Waals surface area (Å²) in [6, 6.07) is 0. The van der Waals surface area contributed by atoms with Gasteiger partial charge in [-0.15, -0.1) is 0 Å². The molecule has 0 fully saturated rings. The number of ether oxygens (including phenoxy) is 2.